The van der Waals surface area contributed by atoms with Crippen molar-refractivity contribution in [3.05, 3.63) is 78.0 Å². The molecule has 0 unspecified atom stereocenters. The van der Waals surface area contributed by atoms with Crippen molar-refractivity contribution < 1.29 is 19.4 Å². The molecule has 0 spiro atoms. The SMILES string of the molecule is CC#CCOc1cnc(C(=O)Nc2cccc(CN=C(N)SCc3ccncc3)c2)cn1.O=CO. The molecule has 0 saturated carbocycles. The molecule has 4 N–H and O–H groups in total. The van der Waals surface area contributed by atoms with Gasteiger partial charge in [0.25, 0.3) is 12.4 Å². The lowest BCUT2D eigenvalue weighted by Crippen LogP contribution is -2.14. The number of carbonyl (C=O) groups is 2. The molecule has 0 aliphatic carbocycles. The third-order valence-electron chi connectivity index (χ3n) is 4.07. The fourth-order valence-electron chi connectivity index (χ4n) is 2.48. The van der Waals surface area contributed by atoms with Crippen molar-refractivity contribution in [2.24, 2.45) is 10.7 Å². The van der Waals surface area contributed by atoms with Crippen LogP contribution in [0.1, 0.15) is 28.5 Å². The average Bonchev–Trinajstić information content (AvgIpc) is 2.88. The first kappa shape index (κ1) is 26.8. The molecular weight excluding hydrogens is 468 g/mol. The summed E-state index contributed by atoms with van der Waals surface area (Å²) in [4.78, 5) is 37.4. The van der Waals surface area contributed by atoms with Crippen LogP contribution in [-0.4, -0.2) is 44.2 Å². The minimum Gasteiger partial charge on any atom is -0.483 e. The number of nitrogens with zero attached hydrogens (tertiary/aromatic N) is 4. The first-order valence-corrected chi connectivity index (χ1v) is 11.2. The number of aromatic nitrogens is 3. The number of pyridine rings is 1. The molecule has 3 rings (SSSR count). The van der Waals surface area contributed by atoms with Crippen molar-refractivity contribution >= 4 is 35.0 Å². The Morgan fingerprint density at radius 2 is 2.00 bits per heavy atom. The zero-order chi connectivity index (χ0) is 25.3. The summed E-state index contributed by atoms with van der Waals surface area (Å²) < 4.78 is 5.30. The number of nitrogens with one attached hydrogen (secondary N) is 1. The fraction of sp³-hybridized carbons (Fsp3) is 0.167. The Bertz CT molecular complexity index is 1180. The van der Waals surface area contributed by atoms with Crippen molar-refractivity contribution in [3.8, 4) is 17.7 Å². The molecule has 0 fully saturated rings. The van der Waals surface area contributed by atoms with E-state index in [-0.39, 0.29) is 24.7 Å². The molecule has 1 aromatic carbocycles. The number of benzene rings is 1. The van der Waals surface area contributed by atoms with E-state index < -0.39 is 0 Å². The van der Waals surface area contributed by atoms with E-state index in [1.807, 2.05) is 30.3 Å². The van der Waals surface area contributed by atoms with Crippen LogP contribution in [0.3, 0.4) is 0 Å². The monoisotopic (exact) mass is 492 g/mol. The Kier molecular flexibility index (Phi) is 11.8. The van der Waals surface area contributed by atoms with E-state index in [1.165, 1.54) is 24.2 Å². The summed E-state index contributed by atoms with van der Waals surface area (Å²) in [6.45, 7) is 2.10. The van der Waals surface area contributed by atoms with Crippen LogP contribution in [0.5, 0.6) is 5.88 Å². The maximum atomic E-state index is 12.5. The predicted molar refractivity (Wildman–Crippen MR) is 135 cm³/mol. The fourth-order valence-corrected chi connectivity index (χ4v) is 3.15. The second kappa shape index (κ2) is 15.4. The quantitative estimate of drug-likeness (QED) is 0.186. The molecule has 3 aromatic rings. The van der Waals surface area contributed by atoms with E-state index >= 15 is 0 Å². The molecule has 11 heteroatoms. The van der Waals surface area contributed by atoms with E-state index in [0.717, 1.165) is 16.9 Å². The van der Waals surface area contributed by atoms with E-state index in [1.54, 1.807) is 25.4 Å². The van der Waals surface area contributed by atoms with Gasteiger partial charge in [0.15, 0.2) is 11.8 Å². The lowest BCUT2D eigenvalue weighted by Gasteiger charge is -2.07. The van der Waals surface area contributed by atoms with Crippen LogP contribution in [0.25, 0.3) is 0 Å². The topological polar surface area (TPSA) is 153 Å². The van der Waals surface area contributed by atoms with Gasteiger partial charge in [-0.1, -0.05) is 29.8 Å². The highest BCUT2D eigenvalue weighted by atomic mass is 32.2. The number of ether oxygens (including phenoxy) is 1. The third kappa shape index (κ3) is 10.4. The molecule has 0 radical (unpaired) electrons. The standard InChI is InChI=1S/C23H22N6O2S.CH2O2/c1-2-3-11-31-21-15-26-20(14-27-21)22(30)29-19-6-4-5-18(12-19)13-28-23(24)32-16-17-7-9-25-10-8-17;2-1-3/h4-10,12,14-15H,11,13,16H2,1H3,(H2,24,28)(H,29,30);1H,(H,2,3). The molecule has 1 amide bonds. The molecule has 2 aromatic heterocycles. The van der Waals surface area contributed by atoms with Crippen molar-refractivity contribution in [1.82, 2.24) is 15.0 Å². The molecular formula is C24H24N6O4S. The van der Waals surface area contributed by atoms with Crippen molar-refractivity contribution in [2.75, 3.05) is 11.9 Å². The molecule has 10 nitrogen and oxygen atoms in total. The summed E-state index contributed by atoms with van der Waals surface area (Å²) in [5, 5.41) is 10.2. The minimum absolute atomic E-state index is 0.180. The Balaban J connectivity index is 0.00000137. The molecule has 0 bridgehead atoms. The van der Waals surface area contributed by atoms with Gasteiger partial charge in [0.05, 0.1) is 18.9 Å². The van der Waals surface area contributed by atoms with Crippen LogP contribution in [-0.2, 0) is 17.1 Å². The highest BCUT2D eigenvalue weighted by molar-refractivity contribution is 8.13. The summed E-state index contributed by atoms with van der Waals surface area (Å²) in [5.74, 6) is 6.15. The summed E-state index contributed by atoms with van der Waals surface area (Å²) in [7, 11) is 0. The summed E-state index contributed by atoms with van der Waals surface area (Å²) in [6.07, 6.45) is 6.25. The molecule has 2 heterocycles. The van der Waals surface area contributed by atoms with Gasteiger partial charge in [0.2, 0.25) is 5.88 Å². The zero-order valence-corrected chi connectivity index (χ0v) is 19.7. The van der Waals surface area contributed by atoms with Crippen LogP contribution in [0, 0.1) is 11.8 Å². The number of carbonyl (C=O) groups excluding carboxylic acids is 1. The average molecular weight is 493 g/mol. The van der Waals surface area contributed by atoms with Crippen LogP contribution in [0.15, 0.2) is 66.2 Å². The number of amidine groups is 1. The Labute approximate surface area is 207 Å². The number of anilines is 1. The summed E-state index contributed by atoms with van der Waals surface area (Å²) >= 11 is 1.47. The molecule has 180 valence electrons. The van der Waals surface area contributed by atoms with E-state index in [9.17, 15) is 4.79 Å². The Hall–Kier alpha value is -4.43. The highest BCUT2D eigenvalue weighted by Gasteiger charge is 2.09. The minimum atomic E-state index is -0.370. The van der Waals surface area contributed by atoms with Gasteiger partial charge >= 0.3 is 0 Å². The third-order valence-corrected chi connectivity index (χ3v) is 4.97. The van der Waals surface area contributed by atoms with Gasteiger partial charge in [-0.2, -0.15) is 0 Å². The number of hydrogen-bond donors (Lipinski definition) is 3. The maximum Gasteiger partial charge on any atom is 0.290 e. The predicted octanol–water partition coefficient (Wildman–Crippen LogP) is 2.97. The van der Waals surface area contributed by atoms with Gasteiger partial charge in [0.1, 0.15) is 5.69 Å². The largest absolute Gasteiger partial charge is 0.483 e. The number of aliphatic imine (C=N–C) groups is 1. The number of carboxylic acid groups (broad SMARTS) is 1. The Morgan fingerprint density at radius 3 is 2.69 bits per heavy atom. The molecule has 0 atom stereocenters. The highest BCUT2D eigenvalue weighted by Crippen LogP contribution is 2.15. The molecule has 0 aliphatic rings. The summed E-state index contributed by atoms with van der Waals surface area (Å²) in [5.41, 5.74) is 8.87. The van der Waals surface area contributed by atoms with E-state index in [0.29, 0.717) is 23.3 Å². The van der Waals surface area contributed by atoms with Gasteiger partial charge in [-0.15, -0.1) is 5.92 Å². The maximum absolute atomic E-state index is 12.5. The van der Waals surface area contributed by atoms with Crippen LogP contribution >= 0.6 is 11.8 Å². The van der Waals surface area contributed by atoms with Gasteiger partial charge < -0.3 is 20.9 Å². The molecule has 0 saturated heterocycles. The normalized spacial score (nSPS) is 10.1. The van der Waals surface area contributed by atoms with Crippen LogP contribution in [0.2, 0.25) is 0 Å². The molecule has 35 heavy (non-hydrogen) atoms. The number of rotatable bonds is 8. The van der Waals surface area contributed by atoms with Gasteiger partial charge in [-0.25, -0.2) is 9.97 Å². The first-order chi connectivity index (χ1) is 17.0. The summed E-state index contributed by atoms with van der Waals surface area (Å²) in [6, 6.07) is 11.3. The lowest BCUT2D eigenvalue weighted by molar-refractivity contribution is -0.122. The van der Waals surface area contributed by atoms with E-state index in [4.69, 9.17) is 20.4 Å². The van der Waals surface area contributed by atoms with Crippen molar-refractivity contribution in [2.45, 2.75) is 19.2 Å². The lowest BCUT2D eigenvalue weighted by atomic mass is 10.2. The number of nitrogens with two attached hydrogens (primary N) is 1. The van der Waals surface area contributed by atoms with Crippen LogP contribution < -0.4 is 15.8 Å². The van der Waals surface area contributed by atoms with Crippen molar-refractivity contribution in [3.63, 3.8) is 0 Å². The molecule has 0 aliphatic heterocycles. The van der Waals surface area contributed by atoms with Gasteiger partial charge in [0, 0.05) is 23.8 Å². The smallest absolute Gasteiger partial charge is 0.290 e. The Morgan fingerprint density at radius 1 is 1.23 bits per heavy atom. The second-order valence-corrected chi connectivity index (χ2v) is 7.51. The first-order valence-electron chi connectivity index (χ1n) is 10.2. The zero-order valence-electron chi connectivity index (χ0n) is 18.9. The number of amides is 1. The van der Waals surface area contributed by atoms with Crippen LogP contribution in [0.4, 0.5) is 5.69 Å². The number of hydrogen-bond acceptors (Lipinski definition) is 8. The van der Waals surface area contributed by atoms with Gasteiger partial charge in [-0.3, -0.25) is 19.6 Å². The van der Waals surface area contributed by atoms with E-state index in [2.05, 4.69) is 37.1 Å². The van der Waals surface area contributed by atoms with Gasteiger partial charge in [-0.05, 0) is 42.3 Å². The second-order valence-electron chi connectivity index (χ2n) is 6.51. The van der Waals surface area contributed by atoms with Crippen molar-refractivity contribution in [1.29, 1.82) is 0 Å². The number of thioether (sulfide) groups is 1.